The highest BCUT2D eigenvalue weighted by Gasteiger charge is 2.19. The van der Waals surface area contributed by atoms with E-state index in [9.17, 15) is 0 Å². The van der Waals surface area contributed by atoms with Gasteiger partial charge in [0, 0.05) is 4.47 Å². The van der Waals surface area contributed by atoms with Crippen LogP contribution in [0.5, 0.6) is 0 Å². The highest BCUT2D eigenvalue weighted by atomic mass is 79.9. The van der Waals surface area contributed by atoms with E-state index >= 15 is 0 Å². The number of hydrogen-bond donors (Lipinski definition) is 1. The maximum absolute atomic E-state index is 5.95. The molecule has 0 unspecified atom stereocenters. The number of aromatic nitrogens is 1. The Hall–Kier alpha value is -1.29. The molecule has 1 saturated carbocycles. The first-order valence-corrected chi connectivity index (χ1v) is 8.03. The first kappa shape index (κ1) is 13.7. The molecule has 1 fully saturated rings. The number of nitrogen functional groups attached to an aromatic ring is 1. The second-order valence-electron chi connectivity index (χ2n) is 5.56. The molecule has 0 atom stereocenters. The van der Waals surface area contributed by atoms with Crippen molar-refractivity contribution < 1.29 is 4.52 Å². The van der Waals surface area contributed by atoms with E-state index in [0.717, 1.165) is 33.6 Å². The van der Waals surface area contributed by atoms with E-state index in [4.69, 9.17) is 10.3 Å². The van der Waals surface area contributed by atoms with Crippen LogP contribution in [0, 0.1) is 5.92 Å². The fourth-order valence-corrected chi connectivity index (χ4v) is 3.34. The van der Waals surface area contributed by atoms with Gasteiger partial charge in [0.05, 0.1) is 11.3 Å². The molecule has 1 aliphatic carbocycles. The van der Waals surface area contributed by atoms with Crippen LogP contribution in [0.3, 0.4) is 0 Å². The molecule has 1 aromatic carbocycles. The zero-order valence-electron chi connectivity index (χ0n) is 11.4. The van der Waals surface area contributed by atoms with Crippen molar-refractivity contribution in [1.29, 1.82) is 0 Å². The maximum Gasteiger partial charge on any atom is 0.230 e. The van der Waals surface area contributed by atoms with Crippen LogP contribution in [-0.4, -0.2) is 5.16 Å². The molecule has 1 heterocycles. The van der Waals surface area contributed by atoms with Crippen LogP contribution in [0.15, 0.2) is 33.3 Å². The van der Waals surface area contributed by atoms with E-state index in [-0.39, 0.29) is 0 Å². The minimum atomic E-state index is 0.425. The Kier molecular flexibility index (Phi) is 4.10. The number of nitrogens with zero attached hydrogens (tertiary/aromatic N) is 1. The van der Waals surface area contributed by atoms with Crippen LogP contribution in [0.4, 0.5) is 5.88 Å². The standard InChI is InChI=1S/C16H19BrN2O/c17-13-8-6-12(7-9-13)15-14(19-20-16(15)18)10-5-11-3-1-2-4-11/h6-9,11H,1-5,10,18H2. The van der Waals surface area contributed by atoms with Gasteiger partial charge < -0.3 is 10.3 Å². The highest BCUT2D eigenvalue weighted by Crippen LogP contribution is 2.34. The van der Waals surface area contributed by atoms with Crippen LogP contribution < -0.4 is 5.73 Å². The molecule has 0 amide bonds. The van der Waals surface area contributed by atoms with Crippen molar-refractivity contribution in [2.75, 3.05) is 5.73 Å². The van der Waals surface area contributed by atoms with Crippen molar-refractivity contribution in [3.8, 4) is 11.1 Å². The lowest BCUT2D eigenvalue weighted by molar-refractivity contribution is 0.419. The van der Waals surface area contributed by atoms with E-state index in [0.29, 0.717) is 5.88 Å². The number of halogens is 1. The van der Waals surface area contributed by atoms with Crippen LogP contribution in [0.2, 0.25) is 0 Å². The Morgan fingerprint density at radius 2 is 1.90 bits per heavy atom. The number of anilines is 1. The van der Waals surface area contributed by atoms with Gasteiger partial charge in [0.2, 0.25) is 5.88 Å². The number of aryl methyl sites for hydroxylation is 1. The minimum absolute atomic E-state index is 0.425. The molecule has 0 spiro atoms. The third-order valence-electron chi connectivity index (χ3n) is 4.19. The molecule has 3 nitrogen and oxygen atoms in total. The Labute approximate surface area is 127 Å². The third kappa shape index (κ3) is 2.90. The molecule has 4 heteroatoms. The lowest BCUT2D eigenvalue weighted by Crippen LogP contribution is -1.98. The van der Waals surface area contributed by atoms with Crippen LogP contribution in [0.1, 0.15) is 37.8 Å². The predicted octanol–water partition coefficient (Wildman–Crippen LogP) is 4.81. The van der Waals surface area contributed by atoms with Gasteiger partial charge in [-0.3, -0.25) is 0 Å². The first-order chi connectivity index (χ1) is 9.74. The maximum atomic E-state index is 5.95. The second kappa shape index (κ2) is 6.00. The lowest BCUT2D eigenvalue weighted by atomic mass is 9.97. The van der Waals surface area contributed by atoms with Gasteiger partial charge in [0.1, 0.15) is 0 Å². The van der Waals surface area contributed by atoms with E-state index in [1.165, 1.54) is 32.1 Å². The molecule has 1 aliphatic rings. The minimum Gasteiger partial charge on any atom is -0.367 e. The summed E-state index contributed by atoms with van der Waals surface area (Å²) in [6, 6.07) is 8.13. The van der Waals surface area contributed by atoms with Gasteiger partial charge in [-0.25, -0.2) is 0 Å². The first-order valence-electron chi connectivity index (χ1n) is 7.24. The molecule has 3 rings (SSSR count). The Morgan fingerprint density at radius 3 is 2.60 bits per heavy atom. The molecule has 0 saturated heterocycles. The summed E-state index contributed by atoms with van der Waals surface area (Å²) < 4.78 is 6.27. The molecular formula is C16H19BrN2O. The zero-order valence-corrected chi connectivity index (χ0v) is 13.0. The fourth-order valence-electron chi connectivity index (χ4n) is 3.07. The molecule has 2 N–H and O–H groups in total. The molecular weight excluding hydrogens is 316 g/mol. The Balaban J connectivity index is 1.79. The van der Waals surface area contributed by atoms with Gasteiger partial charge in [0.15, 0.2) is 0 Å². The predicted molar refractivity (Wildman–Crippen MR) is 84.3 cm³/mol. The summed E-state index contributed by atoms with van der Waals surface area (Å²) in [7, 11) is 0. The van der Waals surface area contributed by atoms with Crippen LogP contribution in [-0.2, 0) is 6.42 Å². The van der Waals surface area contributed by atoms with Gasteiger partial charge in [-0.1, -0.05) is 58.9 Å². The smallest absolute Gasteiger partial charge is 0.230 e. The van der Waals surface area contributed by atoms with Crippen molar-refractivity contribution >= 4 is 21.8 Å². The van der Waals surface area contributed by atoms with Crippen molar-refractivity contribution in [1.82, 2.24) is 5.16 Å². The second-order valence-corrected chi connectivity index (χ2v) is 6.48. The molecule has 2 aromatic rings. The van der Waals surface area contributed by atoms with Gasteiger partial charge in [-0.05, 0) is 36.5 Å². The van der Waals surface area contributed by atoms with Gasteiger partial charge in [-0.15, -0.1) is 0 Å². The normalized spacial score (nSPS) is 15.8. The number of benzene rings is 1. The highest BCUT2D eigenvalue weighted by molar-refractivity contribution is 9.10. The average Bonchev–Trinajstić information content (AvgIpc) is 3.07. The molecule has 0 aliphatic heterocycles. The molecule has 20 heavy (non-hydrogen) atoms. The topological polar surface area (TPSA) is 52.0 Å². The monoisotopic (exact) mass is 334 g/mol. The number of nitrogens with two attached hydrogens (primary N) is 1. The van der Waals surface area contributed by atoms with E-state index in [1.807, 2.05) is 24.3 Å². The summed E-state index contributed by atoms with van der Waals surface area (Å²) in [5.74, 6) is 1.28. The van der Waals surface area contributed by atoms with Crippen molar-refractivity contribution in [3.63, 3.8) is 0 Å². The van der Waals surface area contributed by atoms with Gasteiger partial charge in [0.25, 0.3) is 0 Å². The Bertz CT molecular complexity index is 571. The van der Waals surface area contributed by atoms with E-state index in [2.05, 4.69) is 21.1 Å². The lowest BCUT2D eigenvalue weighted by Gasteiger charge is -2.08. The summed E-state index contributed by atoms with van der Waals surface area (Å²) in [6.45, 7) is 0. The molecule has 0 radical (unpaired) electrons. The number of hydrogen-bond acceptors (Lipinski definition) is 3. The average molecular weight is 335 g/mol. The largest absolute Gasteiger partial charge is 0.367 e. The van der Waals surface area contributed by atoms with Crippen LogP contribution in [0.25, 0.3) is 11.1 Å². The fraction of sp³-hybridized carbons (Fsp3) is 0.438. The summed E-state index contributed by atoms with van der Waals surface area (Å²) in [5.41, 5.74) is 9.00. The SMILES string of the molecule is Nc1onc(CCC2CCCC2)c1-c1ccc(Br)cc1. The number of rotatable bonds is 4. The van der Waals surface area contributed by atoms with E-state index < -0.39 is 0 Å². The van der Waals surface area contributed by atoms with Crippen molar-refractivity contribution in [2.24, 2.45) is 5.92 Å². The van der Waals surface area contributed by atoms with Gasteiger partial charge >= 0.3 is 0 Å². The Morgan fingerprint density at radius 1 is 1.20 bits per heavy atom. The summed E-state index contributed by atoms with van der Waals surface area (Å²) in [5, 5.41) is 4.16. The molecule has 106 valence electrons. The van der Waals surface area contributed by atoms with Crippen molar-refractivity contribution in [3.05, 3.63) is 34.4 Å². The van der Waals surface area contributed by atoms with E-state index in [1.54, 1.807) is 0 Å². The zero-order chi connectivity index (χ0) is 13.9. The van der Waals surface area contributed by atoms with Gasteiger partial charge in [-0.2, -0.15) is 0 Å². The quantitative estimate of drug-likeness (QED) is 0.872. The molecule has 0 bridgehead atoms. The van der Waals surface area contributed by atoms with Crippen molar-refractivity contribution in [2.45, 2.75) is 38.5 Å². The summed E-state index contributed by atoms with van der Waals surface area (Å²) in [6.07, 6.45) is 7.63. The third-order valence-corrected chi connectivity index (χ3v) is 4.71. The summed E-state index contributed by atoms with van der Waals surface area (Å²) in [4.78, 5) is 0. The molecule has 1 aromatic heterocycles. The summed E-state index contributed by atoms with van der Waals surface area (Å²) >= 11 is 3.45. The van der Waals surface area contributed by atoms with Crippen LogP contribution >= 0.6 is 15.9 Å².